The van der Waals surface area contributed by atoms with Crippen molar-refractivity contribution in [3.63, 3.8) is 0 Å². The molecule has 1 aromatic heterocycles. The topological polar surface area (TPSA) is 30.9 Å². The van der Waals surface area contributed by atoms with E-state index < -0.39 is 0 Å². The number of aryl methyl sites for hydroxylation is 1. The van der Waals surface area contributed by atoms with Crippen molar-refractivity contribution in [3.05, 3.63) is 30.0 Å². The second-order valence-corrected chi connectivity index (χ2v) is 3.49. The standard InChI is InChI=1S/C10H12N2S/c1-12-9(6-13)5-7-4-8(11)2-3-10(7)12/h2-5,13H,6,11H2,1H3. The average Bonchev–Trinajstić information content (AvgIpc) is 2.42. The van der Waals surface area contributed by atoms with Crippen LogP contribution in [0.5, 0.6) is 0 Å². The fourth-order valence-corrected chi connectivity index (χ4v) is 1.88. The molecule has 0 aliphatic carbocycles. The van der Waals surface area contributed by atoms with Crippen LogP contribution in [0.15, 0.2) is 24.3 Å². The van der Waals surface area contributed by atoms with Crippen molar-refractivity contribution in [1.82, 2.24) is 4.57 Å². The highest BCUT2D eigenvalue weighted by molar-refractivity contribution is 7.79. The number of hydrogen-bond donors (Lipinski definition) is 2. The molecule has 0 bridgehead atoms. The van der Waals surface area contributed by atoms with Gasteiger partial charge >= 0.3 is 0 Å². The zero-order valence-corrected chi connectivity index (χ0v) is 8.38. The fourth-order valence-electron chi connectivity index (χ4n) is 1.58. The van der Waals surface area contributed by atoms with Gasteiger partial charge < -0.3 is 10.3 Å². The SMILES string of the molecule is Cn1c(CS)cc2cc(N)ccc21. The molecule has 2 aromatic rings. The molecule has 0 spiro atoms. The van der Waals surface area contributed by atoms with E-state index >= 15 is 0 Å². The van der Waals surface area contributed by atoms with E-state index in [9.17, 15) is 0 Å². The summed E-state index contributed by atoms with van der Waals surface area (Å²) in [5.74, 6) is 0.755. The Kier molecular flexibility index (Phi) is 1.96. The highest BCUT2D eigenvalue weighted by atomic mass is 32.1. The molecule has 2 N–H and O–H groups in total. The molecule has 13 heavy (non-hydrogen) atoms. The number of benzene rings is 1. The maximum absolute atomic E-state index is 5.70. The second kappa shape index (κ2) is 3.00. The molecule has 0 radical (unpaired) electrons. The molecule has 1 aromatic carbocycles. The smallest absolute Gasteiger partial charge is 0.0481 e. The van der Waals surface area contributed by atoms with Gasteiger partial charge in [0.15, 0.2) is 0 Å². The molecule has 0 saturated heterocycles. The van der Waals surface area contributed by atoms with Gasteiger partial charge in [-0.15, -0.1) is 0 Å². The molecule has 0 atom stereocenters. The van der Waals surface area contributed by atoms with Gasteiger partial charge in [-0.2, -0.15) is 12.6 Å². The van der Waals surface area contributed by atoms with Crippen LogP contribution in [-0.4, -0.2) is 4.57 Å². The normalized spacial score (nSPS) is 10.9. The molecule has 1 heterocycles. The first-order valence-corrected chi connectivity index (χ1v) is 4.80. The quantitative estimate of drug-likeness (QED) is 0.526. The number of nitrogens with zero attached hydrogens (tertiary/aromatic N) is 1. The summed E-state index contributed by atoms with van der Waals surface area (Å²) in [6.07, 6.45) is 0. The predicted molar refractivity (Wildman–Crippen MR) is 60.0 cm³/mol. The minimum Gasteiger partial charge on any atom is -0.399 e. The molecule has 0 unspecified atom stereocenters. The van der Waals surface area contributed by atoms with Gasteiger partial charge in [0.1, 0.15) is 0 Å². The third kappa shape index (κ3) is 1.29. The Morgan fingerprint density at radius 2 is 2.15 bits per heavy atom. The highest BCUT2D eigenvalue weighted by Crippen LogP contribution is 2.21. The largest absolute Gasteiger partial charge is 0.399 e. The number of rotatable bonds is 1. The summed E-state index contributed by atoms with van der Waals surface area (Å²) in [5, 5.41) is 1.19. The van der Waals surface area contributed by atoms with Crippen LogP contribution < -0.4 is 5.73 Å². The van der Waals surface area contributed by atoms with Crippen LogP contribution in [0.2, 0.25) is 0 Å². The fraction of sp³-hybridized carbons (Fsp3) is 0.200. The Morgan fingerprint density at radius 3 is 2.85 bits per heavy atom. The summed E-state index contributed by atoms with van der Waals surface area (Å²) in [6, 6.07) is 8.07. The zero-order valence-electron chi connectivity index (χ0n) is 7.49. The van der Waals surface area contributed by atoms with Gasteiger partial charge in [-0.25, -0.2) is 0 Å². The number of fused-ring (bicyclic) bond motifs is 1. The maximum atomic E-state index is 5.70. The molecular formula is C10H12N2S. The van der Waals surface area contributed by atoms with E-state index in [-0.39, 0.29) is 0 Å². The first kappa shape index (κ1) is 8.51. The molecule has 0 fully saturated rings. The third-order valence-corrected chi connectivity index (χ3v) is 2.65. The Balaban J connectivity index is 2.76. The van der Waals surface area contributed by atoms with Crippen LogP contribution in [0.25, 0.3) is 10.9 Å². The Hall–Kier alpha value is -1.09. The third-order valence-electron chi connectivity index (χ3n) is 2.33. The van der Waals surface area contributed by atoms with Crippen molar-refractivity contribution in [2.45, 2.75) is 5.75 Å². The number of thiol groups is 1. The van der Waals surface area contributed by atoms with E-state index in [0.29, 0.717) is 0 Å². The van der Waals surface area contributed by atoms with Crippen molar-refractivity contribution < 1.29 is 0 Å². The Bertz CT molecular complexity index is 445. The number of nitrogens with two attached hydrogens (primary N) is 1. The summed E-state index contributed by atoms with van der Waals surface area (Å²) in [4.78, 5) is 0. The maximum Gasteiger partial charge on any atom is 0.0481 e. The molecule has 0 aliphatic heterocycles. The molecule has 0 saturated carbocycles. The van der Waals surface area contributed by atoms with Crippen LogP contribution in [0.1, 0.15) is 5.69 Å². The minimum atomic E-state index is 0.755. The van der Waals surface area contributed by atoms with Crippen molar-refractivity contribution in [2.24, 2.45) is 7.05 Å². The first-order chi connectivity index (χ1) is 6.22. The van der Waals surface area contributed by atoms with E-state index in [1.54, 1.807) is 0 Å². The Morgan fingerprint density at radius 1 is 1.38 bits per heavy atom. The lowest BCUT2D eigenvalue weighted by Crippen LogP contribution is -1.92. The summed E-state index contributed by atoms with van der Waals surface area (Å²) in [6.45, 7) is 0. The molecular weight excluding hydrogens is 180 g/mol. The van der Waals surface area contributed by atoms with Crippen LogP contribution in [-0.2, 0) is 12.8 Å². The van der Waals surface area contributed by atoms with Crippen LogP contribution in [0.3, 0.4) is 0 Å². The lowest BCUT2D eigenvalue weighted by atomic mass is 10.2. The van der Waals surface area contributed by atoms with Crippen LogP contribution in [0.4, 0.5) is 5.69 Å². The molecule has 68 valence electrons. The van der Waals surface area contributed by atoms with Gasteiger partial charge in [0, 0.05) is 35.1 Å². The molecule has 2 nitrogen and oxygen atoms in total. The van der Waals surface area contributed by atoms with Crippen molar-refractivity contribution in [2.75, 3.05) is 5.73 Å². The van der Waals surface area contributed by atoms with E-state index in [4.69, 9.17) is 5.73 Å². The van der Waals surface area contributed by atoms with E-state index in [0.717, 1.165) is 11.4 Å². The summed E-state index contributed by atoms with van der Waals surface area (Å²) in [7, 11) is 2.05. The van der Waals surface area contributed by atoms with Gasteiger partial charge in [0.2, 0.25) is 0 Å². The van der Waals surface area contributed by atoms with Crippen molar-refractivity contribution >= 4 is 29.2 Å². The molecule has 3 heteroatoms. The second-order valence-electron chi connectivity index (χ2n) is 3.17. The number of hydrogen-bond acceptors (Lipinski definition) is 2. The highest BCUT2D eigenvalue weighted by Gasteiger charge is 2.03. The van der Waals surface area contributed by atoms with Crippen LogP contribution >= 0.6 is 12.6 Å². The zero-order chi connectivity index (χ0) is 9.42. The Labute approximate surface area is 82.8 Å². The van der Waals surface area contributed by atoms with E-state index in [1.807, 2.05) is 25.2 Å². The van der Waals surface area contributed by atoms with Gasteiger partial charge in [0.25, 0.3) is 0 Å². The summed E-state index contributed by atoms with van der Waals surface area (Å²) in [5.41, 5.74) is 8.92. The van der Waals surface area contributed by atoms with E-state index in [1.165, 1.54) is 16.6 Å². The molecule has 0 amide bonds. The average molecular weight is 192 g/mol. The van der Waals surface area contributed by atoms with Gasteiger partial charge in [-0.05, 0) is 24.3 Å². The number of aromatic nitrogens is 1. The first-order valence-electron chi connectivity index (χ1n) is 4.17. The summed E-state index contributed by atoms with van der Waals surface area (Å²) < 4.78 is 2.14. The van der Waals surface area contributed by atoms with Crippen molar-refractivity contribution in [3.8, 4) is 0 Å². The van der Waals surface area contributed by atoms with Crippen LogP contribution in [0, 0.1) is 0 Å². The lowest BCUT2D eigenvalue weighted by Gasteiger charge is -2.00. The van der Waals surface area contributed by atoms with E-state index in [2.05, 4.69) is 23.3 Å². The number of anilines is 1. The lowest BCUT2D eigenvalue weighted by molar-refractivity contribution is 0.911. The van der Waals surface area contributed by atoms with Gasteiger partial charge in [-0.3, -0.25) is 0 Å². The predicted octanol–water partition coefficient (Wildman–Crippen LogP) is 2.19. The summed E-state index contributed by atoms with van der Waals surface area (Å²) >= 11 is 4.26. The van der Waals surface area contributed by atoms with Crippen molar-refractivity contribution in [1.29, 1.82) is 0 Å². The van der Waals surface area contributed by atoms with Gasteiger partial charge in [0.05, 0.1) is 0 Å². The van der Waals surface area contributed by atoms with Gasteiger partial charge in [-0.1, -0.05) is 0 Å². The monoisotopic (exact) mass is 192 g/mol. The number of nitrogen functional groups attached to an aromatic ring is 1. The molecule has 0 aliphatic rings. The molecule has 2 rings (SSSR count). The minimum absolute atomic E-state index is 0.755.